The third kappa shape index (κ3) is 4.53. The molecule has 0 amide bonds. The van der Waals surface area contributed by atoms with E-state index in [1.807, 2.05) is 0 Å². The molecule has 2 rings (SSSR count). The standard InChI is InChI=1S/C13H15BrF3NO.ClH/c14-9-5-6-11(19-13(15,16)17)10(7-9)12(18)8-3-1-2-4-8;/h5-8,12H,1-4,18H2;1H/t12-;/m1./s1. The Labute approximate surface area is 130 Å². The molecule has 2 nitrogen and oxygen atoms in total. The molecule has 0 spiro atoms. The fourth-order valence-electron chi connectivity index (χ4n) is 2.57. The molecule has 1 aromatic carbocycles. The highest BCUT2D eigenvalue weighted by Gasteiger charge is 2.34. The second-order valence-corrected chi connectivity index (χ2v) is 5.72. The van der Waals surface area contributed by atoms with Crippen molar-refractivity contribution in [3.8, 4) is 5.75 Å². The van der Waals surface area contributed by atoms with Crippen molar-refractivity contribution in [1.29, 1.82) is 0 Å². The van der Waals surface area contributed by atoms with Gasteiger partial charge in [-0.3, -0.25) is 0 Å². The lowest BCUT2D eigenvalue weighted by Gasteiger charge is -2.22. The maximum atomic E-state index is 12.4. The fourth-order valence-corrected chi connectivity index (χ4v) is 2.95. The number of benzene rings is 1. The van der Waals surface area contributed by atoms with E-state index in [0.717, 1.165) is 25.7 Å². The maximum absolute atomic E-state index is 12.4. The van der Waals surface area contributed by atoms with Gasteiger partial charge in [-0.25, -0.2) is 0 Å². The average molecular weight is 375 g/mol. The Morgan fingerprint density at radius 3 is 2.40 bits per heavy atom. The summed E-state index contributed by atoms with van der Waals surface area (Å²) in [5.41, 5.74) is 6.54. The van der Waals surface area contributed by atoms with Gasteiger partial charge in [0.05, 0.1) is 0 Å². The lowest BCUT2D eigenvalue weighted by molar-refractivity contribution is -0.275. The first kappa shape index (κ1) is 17.6. The van der Waals surface area contributed by atoms with Crippen LogP contribution in [0.2, 0.25) is 0 Å². The van der Waals surface area contributed by atoms with Gasteiger partial charge in [-0.05, 0) is 37.0 Å². The monoisotopic (exact) mass is 373 g/mol. The van der Waals surface area contributed by atoms with Crippen molar-refractivity contribution in [2.24, 2.45) is 11.7 Å². The SMILES string of the molecule is Cl.N[C@@H](c1cc(Br)ccc1OC(F)(F)F)C1CCCC1. The van der Waals surface area contributed by atoms with Crippen molar-refractivity contribution in [1.82, 2.24) is 0 Å². The first-order valence-corrected chi connectivity index (χ1v) is 6.97. The number of hydrogen-bond donors (Lipinski definition) is 1. The Bertz CT molecular complexity index is 450. The van der Waals surface area contributed by atoms with Gasteiger partial charge in [0, 0.05) is 16.1 Å². The molecule has 0 bridgehead atoms. The smallest absolute Gasteiger partial charge is 0.405 e. The Balaban J connectivity index is 0.00000200. The molecular formula is C13H16BrClF3NO. The third-order valence-corrected chi connectivity index (χ3v) is 3.96. The van der Waals surface area contributed by atoms with E-state index >= 15 is 0 Å². The minimum Gasteiger partial charge on any atom is -0.405 e. The summed E-state index contributed by atoms with van der Waals surface area (Å²) in [6.45, 7) is 0. The summed E-state index contributed by atoms with van der Waals surface area (Å²) >= 11 is 3.26. The summed E-state index contributed by atoms with van der Waals surface area (Å²) in [6.07, 6.45) is -0.611. The molecule has 0 unspecified atom stereocenters. The predicted octanol–water partition coefficient (Wildman–Crippen LogP) is 4.96. The van der Waals surface area contributed by atoms with Gasteiger partial charge in [-0.1, -0.05) is 28.8 Å². The Morgan fingerprint density at radius 1 is 1.25 bits per heavy atom. The van der Waals surface area contributed by atoms with E-state index in [0.29, 0.717) is 10.0 Å². The number of halogens is 5. The zero-order chi connectivity index (χ0) is 14.0. The molecule has 1 aliphatic carbocycles. The van der Waals surface area contributed by atoms with Crippen molar-refractivity contribution >= 4 is 28.3 Å². The molecule has 0 heterocycles. The second-order valence-electron chi connectivity index (χ2n) is 4.80. The highest BCUT2D eigenvalue weighted by molar-refractivity contribution is 9.10. The summed E-state index contributed by atoms with van der Waals surface area (Å²) < 4.78 is 41.9. The minimum absolute atomic E-state index is 0. The fraction of sp³-hybridized carbons (Fsp3) is 0.538. The molecule has 1 saturated carbocycles. The van der Waals surface area contributed by atoms with Gasteiger partial charge >= 0.3 is 6.36 Å². The van der Waals surface area contributed by atoms with E-state index in [4.69, 9.17) is 5.73 Å². The van der Waals surface area contributed by atoms with Crippen molar-refractivity contribution in [3.63, 3.8) is 0 Å². The van der Waals surface area contributed by atoms with E-state index in [9.17, 15) is 13.2 Å². The lowest BCUT2D eigenvalue weighted by atomic mass is 9.92. The van der Waals surface area contributed by atoms with Crippen LogP contribution in [0.5, 0.6) is 5.75 Å². The average Bonchev–Trinajstić information content (AvgIpc) is 2.82. The van der Waals surface area contributed by atoms with Crippen LogP contribution in [0.3, 0.4) is 0 Å². The largest absolute Gasteiger partial charge is 0.573 e. The topological polar surface area (TPSA) is 35.2 Å². The van der Waals surface area contributed by atoms with Gasteiger partial charge in [-0.2, -0.15) is 0 Å². The van der Waals surface area contributed by atoms with Crippen molar-refractivity contribution in [2.45, 2.75) is 38.1 Å². The molecule has 1 fully saturated rings. The van der Waals surface area contributed by atoms with Crippen molar-refractivity contribution in [3.05, 3.63) is 28.2 Å². The Morgan fingerprint density at radius 2 is 1.85 bits per heavy atom. The zero-order valence-electron chi connectivity index (χ0n) is 10.6. The molecule has 0 radical (unpaired) electrons. The maximum Gasteiger partial charge on any atom is 0.573 e. The van der Waals surface area contributed by atoms with Crippen LogP contribution in [0.15, 0.2) is 22.7 Å². The molecule has 114 valence electrons. The van der Waals surface area contributed by atoms with E-state index in [1.165, 1.54) is 12.1 Å². The molecule has 1 aliphatic rings. The normalized spacial score (nSPS) is 17.6. The number of ether oxygens (including phenoxy) is 1. The number of alkyl halides is 3. The van der Waals surface area contributed by atoms with Crippen LogP contribution in [-0.4, -0.2) is 6.36 Å². The summed E-state index contributed by atoms with van der Waals surface area (Å²) in [5, 5.41) is 0. The van der Waals surface area contributed by atoms with Gasteiger partial charge in [0.2, 0.25) is 0 Å². The molecule has 0 aliphatic heterocycles. The van der Waals surface area contributed by atoms with Crippen LogP contribution in [0.4, 0.5) is 13.2 Å². The molecule has 1 aromatic rings. The van der Waals surface area contributed by atoms with Gasteiger partial charge in [0.1, 0.15) is 5.75 Å². The summed E-state index contributed by atoms with van der Waals surface area (Å²) in [5.74, 6) is 0.0278. The van der Waals surface area contributed by atoms with E-state index in [1.54, 1.807) is 6.07 Å². The van der Waals surface area contributed by atoms with Crippen molar-refractivity contribution < 1.29 is 17.9 Å². The van der Waals surface area contributed by atoms with Gasteiger partial charge in [-0.15, -0.1) is 25.6 Å². The molecule has 7 heteroatoms. The van der Waals surface area contributed by atoms with Crippen LogP contribution in [0, 0.1) is 5.92 Å². The number of hydrogen-bond acceptors (Lipinski definition) is 2. The van der Waals surface area contributed by atoms with Gasteiger partial charge < -0.3 is 10.5 Å². The number of nitrogens with two attached hydrogens (primary N) is 1. The molecule has 1 atom stereocenters. The molecule has 2 N–H and O–H groups in total. The van der Waals surface area contributed by atoms with Crippen LogP contribution in [0.25, 0.3) is 0 Å². The number of rotatable bonds is 3. The predicted molar refractivity (Wildman–Crippen MR) is 77.0 cm³/mol. The Hall–Kier alpha value is -0.460. The first-order chi connectivity index (χ1) is 8.87. The molecule has 0 aromatic heterocycles. The third-order valence-electron chi connectivity index (χ3n) is 3.46. The molecule has 20 heavy (non-hydrogen) atoms. The highest BCUT2D eigenvalue weighted by Crippen LogP contribution is 2.39. The van der Waals surface area contributed by atoms with E-state index < -0.39 is 12.4 Å². The second kappa shape index (κ2) is 7.00. The van der Waals surface area contributed by atoms with E-state index in [-0.39, 0.29) is 24.1 Å². The Kier molecular flexibility index (Phi) is 6.16. The van der Waals surface area contributed by atoms with Crippen molar-refractivity contribution in [2.75, 3.05) is 0 Å². The van der Waals surface area contributed by atoms with Crippen LogP contribution in [-0.2, 0) is 0 Å². The van der Waals surface area contributed by atoms with Crippen LogP contribution >= 0.6 is 28.3 Å². The zero-order valence-corrected chi connectivity index (χ0v) is 13.0. The van der Waals surface area contributed by atoms with E-state index in [2.05, 4.69) is 20.7 Å². The first-order valence-electron chi connectivity index (χ1n) is 6.17. The molecule has 0 saturated heterocycles. The van der Waals surface area contributed by atoms with Crippen LogP contribution < -0.4 is 10.5 Å². The van der Waals surface area contributed by atoms with Gasteiger partial charge in [0.25, 0.3) is 0 Å². The summed E-state index contributed by atoms with van der Waals surface area (Å²) in [6, 6.07) is 4.02. The minimum atomic E-state index is -4.70. The summed E-state index contributed by atoms with van der Waals surface area (Å²) in [4.78, 5) is 0. The van der Waals surface area contributed by atoms with Gasteiger partial charge in [0.15, 0.2) is 0 Å². The van der Waals surface area contributed by atoms with Crippen LogP contribution in [0.1, 0.15) is 37.3 Å². The summed E-state index contributed by atoms with van der Waals surface area (Å²) in [7, 11) is 0. The molecular weight excluding hydrogens is 359 g/mol. The highest BCUT2D eigenvalue weighted by atomic mass is 79.9. The quantitative estimate of drug-likeness (QED) is 0.811. The lowest BCUT2D eigenvalue weighted by Crippen LogP contribution is -2.23.